The summed E-state index contributed by atoms with van der Waals surface area (Å²) < 4.78 is 5.59. The van der Waals surface area contributed by atoms with Crippen LogP contribution in [0.15, 0.2) is 24.3 Å². The average molecular weight is 308 g/mol. The van der Waals surface area contributed by atoms with Gasteiger partial charge in [-0.25, -0.2) is 4.79 Å². The quantitative estimate of drug-likeness (QED) is 0.853. The second-order valence-electron chi connectivity index (χ2n) is 6.31. The first kappa shape index (κ1) is 14.0. The molecule has 0 fully saturated rings. The van der Waals surface area contributed by atoms with Crippen molar-refractivity contribution in [1.82, 2.24) is 0 Å². The smallest absolute Gasteiger partial charge is 0.340 e. The zero-order valence-electron chi connectivity index (χ0n) is 13.0. The molecule has 0 radical (unpaired) electrons. The Morgan fingerprint density at radius 1 is 1.17 bits per heavy atom. The Labute approximate surface area is 133 Å². The number of fused-ring (bicyclic) bond motifs is 2. The van der Waals surface area contributed by atoms with Gasteiger partial charge < -0.3 is 9.84 Å². The number of aromatic hydroxyl groups is 1. The summed E-state index contributed by atoms with van der Waals surface area (Å²) in [5, 5.41) is 12.1. The highest BCUT2D eigenvalue weighted by Gasteiger charge is 2.47. The Kier molecular flexibility index (Phi) is 2.71. The number of cyclic esters (lactones) is 1. The molecule has 1 aliphatic heterocycles. The summed E-state index contributed by atoms with van der Waals surface area (Å²) in [7, 11) is 0. The van der Waals surface area contributed by atoms with Crippen LogP contribution in [0.2, 0.25) is 0 Å². The molecule has 4 nitrogen and oxygen atoms in total. The Morgan fingerprint density at radius 2 is 1.96 bits per heavy atom. The Morgan fingerprint density at radius 3 is 2.70 bits per heavy atom. The molecule has 1 aliphatic carbocycles. The molecule has 0 spiro atoms. The van der Waals surface area contributed by atoms with Crippen molar-refractivity contribution < 1.29 is 19.4 Å². The number of phenols is 1. The third-order valence-corrected chi connectivity index (χ3v) is 4.78. The summed E-state index contributed by atoms with van der Waals surface area (Å²) in [6, 6.07) is 5.48. The van der Waals surface area contributed by atoms with Crippen molar-refractivity contribution in [3.8, 4) is 5.75 Å². The summed E-state index contributed by atoms with van der Waals surface area (Å²) in [4.78, 5) is 25.0. The largest absolute Gasteiger partial charge is 0.507 e. The first-order valence-corrected chi connectivity index (χ1v) is 7.76. The van der Waals surface area contributed by atoms with Gasteiger partial charge in [0.05, 0.1) is 11.1 Å². The van der Waals surface area contributed by atoms with Crippen molar-refractivity contribution in [2.75, 3.05) is 0 Å². The summed E-state index contributed by atoms with van der Waals surface area (Å²) in [5.74, 6) is -0.699. The van der Waals surface area contributed by atoms with Crippen LogP contribution in [-0.2, 0) is 10.3 Å². The van der Waals surface area contributed by atoms with E-state index in [0.29, 0.717) is 28.3 Å². The number of carbonyl (C=O) groups excluding carboxylic acids is 2. The Bertz CT molecular complexity index is 923. The van der Waals surface area contributed by atoms with E-state index in [1.807, 2.05) is 19.1 Å². The van der Waals surface area contributed by atoms with Gasteiger partial charge in [0.25, 0.3) is 0 Å². The highest BCUT2D eigenvalue weighted by molar-refractivity contribution is 6.26. The second-order valence-corrected chi connectivity index (χ2v) is 6.31. The molecular formula is C19H16O4. The predicted octanol–water partition coefficient (Wildman–Crippen LogP) is 3.94. The maximum Gasteiger partial charge on any atom is 0.340 e. The molecular weight excluding hydrogens is 292 g/mol. The third kappa shape index (κ3) is 1.66. The first-order chi connectivity index (χ1) is 11.0. The van der Waals surface area contributed by atoms with Crippen LogP contribution < -0.4 is 0 Å². The number of hydrogen-bond donors (Lipinski definition) is 1. The Hall–Kier alpha value is -2.62. The lowest BCUT2D eigenvalue weighted by Gasteiger charge is -2.25. The molecule has 1 heterocycles. The van der Waals surface area contributed by atoms with Crippen molar-refractivity contribution in [2.45, 2.75) is 32.3 Å². The van der Waals surface area contributed by atoms with Crippen LogP contribution in [0.3, 0.4) is 0 Å². The van der Waals surface area contributed by atoms with Crippen LogP contribution in [0.1, 0.15) is 58.5 Å². The van der Waals surface area contributed by atoms with E-state index in [1.165, 1.54) is 6.08 Å². The van der Waals surface area contributed by atoms with E-state index in [4.69, 9.17) is 4.74 Å². The van der Waals surface area contributed by atoms with Crippen molar-refractivity contribution in [2.24, 2.45) is 0 Å². The van der Waals surface area contributed by atoms with Gasteiger partial charge in [-0.2, -0.15) is 0 Å². The molecule has 0 saturated heterocycles. The van der Waals surface area contributed by atoms with Gasteiger partial charge in [0.2, 0.25) is 0 Å². The highest BCUT2D eigenvalue weighted by atomic mass is 16.6. The minimum atomic E-state index is -0.895. The number of carbonyl (C=O) groups is 2. The van der Waals surface area contributed by atoms with E-state index in [2.05, 4.69) is 0 Å². The van der Waals surface area contributed by atoms with Crippen LogP contribution in [0.4, 0.5) is 0 Å². The first-order valence-electron chi connectivity index (χ1n) is 7.76. The van der Waals surface area contributed by atoms with Gasteiger partial charge in [-0.3, -0.25) is 4.79 Å². The van der Waals surface area contributed by atoms with Gasteiger partial charge in [0.1, 0.15) is 11.4 Å². The van der Waals surface area contributed by atoms with E-state index < -0.39 is 11.6 Å². The molecule has 0 bridgehead atoms. The second kappa shape index (κ2) is 4.44. The average Bonchev–Trinajstić information content (AvgIpc) is 2.77. The summed E-state index contributed by atoms with van der Waals surface area (Å²) >= 11 is 0. The lowest BCUT2D eigenvalue weighted by molar-refractivity contribution is -0.00397. The molecule has 1 atom stereocenters. The molecule has 1 N–H and O–H groups in total. The molecule has 1 unspecified atom stereocenters. The van der Waals surface area contributed by atoms with Crippen LogP contribution in [0.25, 0.3) is 16.8 Å². The molecule has 0 saturated carbocycles. The van der Waals surface area contributed by atoms with Gasteiger partial charge in [0, 0.05) is 16.3 Å². The molecule has 0 amide bonds. The summed E-state index contributed by atoms with van der Waals surface area (Å²) in [5.41, 5.74) is 0.969. The van der Waals surface area contributed by atoms with Crippen molar-refractivity contribution >= 4 is 28.6 Å². The van der Waals surface area contributed by atoms with E-state index in [0.717, 1.165) is 12.0 Å². The fraction of sp³-hybridized carbons (Fsp3) is 0.263. The van der Waals surface area contributed by atoms with Crippen LogP contribution >= 0.6 is 0 Å². The number of ketones is 1. The minimum absolute atomic E-state index is 0.0468. The SMILES string of the molecule is CCCC1(C)OC(=O)c2c1c(O)c1cccc3c1c2C(=O)C=C3. The lowest BCUT2D eigenvalue weighted by atomic mass is 9.81. The molecule has 0 aromatic heterocycles. The molecule has 2 aromatic carbocycles. The summed E-state index contributed by atoms with van der Waals surface area (Å²) in [6.07, 6.45) is 4.57. The normalized spacial score (nSPS) is 21.7. The van der Waals surface area contributed by atoms with E-state index in [1.54, 1.807) is 19.1 Å². The number of benzene rings is 2. The molecule has 23 heavy (non-hydrogen) atoms. The van der Waals surface area contributed by atoms with E-state index in [-0.39, 0.29) is 17.1 Å². The zero-order valence-corrected chi connectivity index (χ0v) is 13.0. The van der Waals surface area contributed by atoms with Crippen molar-refractivity contribution in [3.63, 3.8) is 0 Å². The van der Waals surface area contributed by atoms with E-state index >= 15 is 0 Å². The molecule has 4 heteroatoms. The van der Waals surface area contributed by atoms with Gasteiger partial charge in [-0.05, 0) is 25.0 Å². The number of phenolic OH excluding ortho intramolecular Hbond substituents is 1. The van der Waals surface area contributed by atoms with E-state index in [9.17, 15) is 14.7 Å². The van der Waals surface area contributed by atoms with Crippen LogP contribution in [-0.4, -0.2) is 16.9 Å². The number of allylic oxidation sites excluding steroid dienone is 1. The van der Waals surface area contributed by atoms with Gasteiger partial charge in [-0.1, -0.05) is 37.6 Å². The number of ether oxygens (including phenoxy) is 1. The lowest BCUT2D eigenvalue weighted by Crippen LogP contribution is -2.21. The van der Waals surface area contributed by atoms with Gasteiger partial charge in [-0.15, -0.1) is 0 Å². The molecule has 2 aliphatic rings. The van der Waals surface area contributed by atoms with Crippen LogP contribution in [0.5, 0.6) is 5.75 Å². The predicted molar refractivity (Wildman–Crippen MR) is 86.7 cm³/mol. The monoisotopic (exact) mass is 308 g/mol. The Balaban J connectivity index is 2.21. The molecule has 116 valence electrons. The number of esters is 1. The number of rotatable bonds is 2. The van der Waals surface area contributed by atoms with Crippen molar-refractivity contribution in [3.05, 3.63) is 46.5 Å². The van der Waals surface area contributed by atoms with Crippen LogP contribution in [0, 0.1) is 0 Å². The van der Waals surface area contributed by atoms with Gasteiger partial charge in [0.15, 0.2) is 5.78 Å². The highest BCUT2D eigenvalue weighted by Crippen LogP contribution is 2.50. The van der Waals surface area contributed by atoms with Crippen molar-refractivity contribution in [1.29, 1.82) is 0 Å². The minimum Gasteiger partial charge on any atom is -0.507 e. The van der Waals surface area contributed by atoms with Gasteiger partial charge >= 0.3 is 5.97 Å². The standard InChI is InChI=1S/C19H16O4/c1-3-9-19(2)16-15(18(22)23-19)14-12(20)8-7-10-5-4-6-11(13(10)14)17(16)21/h4-8,21H,3,9H2,1-2H3. The topological polar surface area (TPSA) is 63.6 Å². The summed E-state index contributed by atoms with van der Waals surface area (Å²) in [6.45, 7) is 3.79. The fourth-order valence-electron chi connectivity index (χ4n) is 3.86. The molecule has 2 aromatic rings. The fourth-order valence-corrected chi connectivity index (χ4v) is 3.86. The maximum absolute atomic E-state index is 12.5. The molecule has 4 rings (SSSR count). The maximum atomic E-state index is 12.5. The number of hydrogen-bond acceptors (Lipinski definition) is 4. The zero-order chi connectivity index (χ0) is 16.4. The third-order valence-electron chi connectivity index (χ3n) is 4.78.